The maximum absolute atomic E-state index is 5.75. The van der Waals surface area contributed by atoms with E-state index in [-0.39, 0.29) is 0 Å². The normalized spacial score (nSPS) is 10.8. The first-order valence-electron chi connectivity index (χ1n) is 3.78. The third-order valence-corrected chi connectivity index (χ3v) is 1.98. The summed E-state index contributed by atoms with van der Waals surface area (Å²) in [7, 11) is 0. The van der Waals surface area contributed by atoms with Crippen LogP contribution in [-0.2, 0) is 6.54 Å². The summed E-state index contributed by atoms with van der Waals surface area (Å²) in [5.41, 5.74) is 1.74. The SMILES string of the molecule is CCn1cnc2ccc(Cl)nc21. The lowest BCUT2D eigenvalue weighted by Gasteiger charge is -1.96. The highest BCUT2D eigenvalue weighted by Crippen LogP contribution is 2.13. The molecule has 0 atom stereocenters. The third kappa shape index (κ3) is 1.06. The molecule has 3 nitrogen and oxygen atoms in total. The molecule has 0 fully saturated rings. The molecule has 0 aromatic carbocycles. The number of imidazole rings is 1. The van der Waals surface area contributed by atoms with Crippen LogP contribution in [0.25, 0.3) is 11.2 Å². The molecule has 0 aliphatic heterocycles. The molecule has 0 unspecified atom stereocenters. The van der Waals surface area contributed by atoms with Gasteiger partial charge in [-0.15, -0.1) is 0 Å². The number of pyridine rings is 1. The highest BCUT2D eigenvalue weighted by atomic mass is 35.5. The Bertz CT molecular complexity index is 408. The second kappa shape index (κ2) is 2.75. The van der Waals surface area contributed by atoms with E-state index in [9.17, 15) is 0 Å². The molecule has 62 valence electrons. The predicted octanol–water partition coefficient (Wildman–Crippen LogP) is 2.10. The Labute approximate surface area is 75.0 Å². The zero-order valence-corrected chi connectivity index (χ0v) is 7.41. The molecule has 0 amide bonds. The second-order valence-electron chi connectivity index (χ2n) is 2.51. The monoisotopic (exact) mass is 181 g/mol. The fraction of sp³-hybridized carbons (Fsp3) is 0.250. The predicted molar refractivity (Wildman–Crippen MR) is 48.2 cm³/mol. The van der Waals surface area contributed by atoms with Gasteiger partial charge in [-0.2, -0.15) is 0 Å². The number of aromatic nitrogens is 3. The molecule has 4 heteroatoms. The van der Waals surface area contributed by atoms with Crippen LogP contribution in [0.15, 0.2) is 18.5 Å². The molecule has 2 rings (SSSR count). The van der Waals surface area contributed by atoms with E-state index in [0.29, 0.717) is 5.15 Å². The van der Waals surface area contributed by atoms with Crippen molar-refractivity contribution in [2.45, 2.75) is 13.5 Å². The Morgan fingerprint density at radius 3 is 3.08 bits per heavy atom. The molecule has 2 heterocycles. The molecule has 2 aromatic heterocycles. The molecular weight excluding hydrogens is 174 g/mol. The number of fused-ring (bicyclic) bond motifs is 1. The number of hydrogen-bond acceptors (Lipinski definition) is 2. The van der Waals surface area contributed by atoms with Crippen molar-refractivity contribution in [3.05, 3.63) is 23.6 Å². The van der Waals surface area contributed by atoms with Crippen molar-refractivity contribution in [2.75, 3.05) is 0 Å². The largest absolute Gasteiger partial charge is 0.316 e. The van der Waals surface area contributed by atoms with Gasteiger partial charge in [0, 0.05) is 6.54 Å². The van der Waals surface area contributed by atoms with Crippen LogP contribution in [-0.4, -0.2) is 14.5 Å². The summed E-state index contributed by atoms with van der Waals surface area (Å²) in [5.74, 6) is 0. The minimum atomic E-state index is 0.512. The fourth-order valence-corrected chi connectivity index (χ4v) is 1.29. The smallest absolute Gasteiger partial charge is 0.161 e. The lowest BCUT2D eigenvalue weighted by molar-refractivity contribution is 0.778. The Morgan fingerprint density at radius 2 is 2.33 bits per heavy atom. The van der Waals surface area contributed by atoms with Gasteiger partial charge in [-0.25, -0.2) is 9.97 Å². The Morgan fingerprint density at radius 1 is 1.50 bits per heavy atom. The van der Waals surface area contributed by atoms with Gasteiger partial charge in [0.25, 0.3) is 0 Å². The molecule has 2 aromatic rings. The Kier molecular flexibility index (Phi) is 1.73. The summed E-state index contributed by atoms with van der Waals surface area (Å²) < 4.78 is 1.96. The molecule has 0 bridgehead atoms. The molecule has 0 N–H and O–H groups in total. The van der Waals surface area contributed by atoms with Gasteiger partial charge in [0.15, 0.2) is 5.65 Å². The summed E-state index contributed by atoms with van der Waals surface area (Å²) >= 11 is 5.75. The van der Waals surface area contributed by atoms with E-state index >= 15 is 0 Å². The van der Waals surface area contributed by atoms with Crippen molar-refractivity contribution in [2.24, 2.45) is 0 Å². The van der Waals surface area contributed by atoms with E-state index in [1.807, 2.05) is 17.6 Å². The standard InChI is InChI=1S/C8H8ClN3/c1-2-12-5-10-6-3-4-7(9)11-8(6)12/h3-5H,2H2,1H3. The van der Waals surface area contributed by atoms with E-state index in [4.69, 9.17) is 11.6 Å². The van der Waals surface area contributed by atoms with Gasteiger partial charge in [-0.3, -0.25) is 0 Å². The van der Waals surface area contributed by atoms with Crippen molar-refractivity contribution in [1.82, 2.24) is 14.5 Å². The van der Waals surface area contributed by atoms with Gasteiger partial charge >= 0.3 is 0 Å². The van der Waals surface area contributed by atoms with Crippen molar-refractivity contribution in [3.63, 3.8) is 0 Å². The third-order valence-electron chi connectivity index (χ3n) is 1.77. The number of hydrogen-bond donors (Lipinski definition) is 0. The zero-order chi connectivity index (χ0) is 8.55. The van der Waals surface area contributed by atoms with Gasteiger partial charge in [0.1, 0.15) is 10.7 Å². The molecular formula is C8H8ClN3. The molecule has 0 aliphatic carbocycles. The van der Waals surface area contributed by atoms with Gasteiger partial charge in [0.2, 0.25) is 0 Å². The lowest BCUT2D eigenvalue weighted by Crippen LogP contribution is -1.92. The Balaban J connectivity index is 2.75. The molecule has 0 spiro atoms. The van der Waals surface area contributed by atoms with Crippen molar-refractivity contribution >= 4 is 22.8 Å². The zero-order valence-electron chi connectivity index (χ0n) is 6.66. The van der Waals surface area contributed by atoms with Crippen LogP contribution in [0.3, 0.4) is 0 Å². The maximum Gasteiger partial charge on any atom is 0.161 e. The van der Waals surface area contributed by atoms with Crippen LogP contribution in [0.1, 0.15) is 6.92 Å². The number of halogens is 1. The highest BCUT2D eigenvalue weighted by Gasteiger charge is 2.01. The minimum absolute atomic E-state index is 0.512. The Hall–Kier alpha value is -1.09. The summed E-state index contributed by atoms with van der Waals surface area (Å²) in [6, 6.07) is 3.62. The van der Waals surface area contributed by atoms with E-state index < -0.39 is 0 Å². The summed E-state index contributed by atoms with van der Waals surface area (Å²) in [6.07, 6.45) is 1.77. The van der Waals surface area contributed by atoms with E-state index in [1.165, 1.54) is 0 Å². The van der Waals surface area contributed by atoms with Crippen molar-refractivity contribution in [1.29, 1.82) is 0 Å². The van der Waals surface area contributed by atoms with Gasteiger partial charge in [-0.05, 0) is 19.1 Å². The van der Waals surface area contributed by atoms with Crippen LogP contribution in [0, 0.1) is 0 Å². The molecule has 12 heavy (non-hydrogen) atoms. The van der Waals surface area contributed by atoms with E-state index in [0.717, 1.165) is 17.7 Å². The lowest BCUT2D eigenvalue weighted by atomic mass is 10.4. The highest BCUT2D eigenvalue weighted by molar-refractivity contribution is 6.29. The fourth-order valence-electron chi connectivity index (χ4n) is 1.15. The number of aryl methyl sites for hydroxylation is 1. The second-order valence-corrected chi connectivity index (χ2v) is 2.89. The van der Waals surface area contributed by atoms with Crippen molar-refractivity contribution in [3.8, 4) is 0 Å². The quantitative estimate of drug-likeness (QED) is 0.631. The van der Waals surface area contributed by atoms with Gasteiger partial charge in [-0.1, -0.05) is 11.6 Å². The first-order chi connectivity index (χ1) is 5.81. The molecule has 0 saturated heterocycles. The number of rotatable bonds is 1. The topological polar surface area (TPSA) is 30.7 Å². The van der Waals surface area contributed by atoms with Crippen molar-refractivity contribution < 1.29 is 0 Å². The van der Waals surface area contributed by atoms with Gasteiger partial charge < -0.3 is 4.57 Å². The van der Waals surface area contributed by atoms with E-state index in [1.54, 1.807) is 12.4 Å². The molecule has 0 radical (unpaired) electrons. The number of nitrogens with zero attached hydrogens (tertiary/aromatic N) is 3. The van der Waals surface area contributed by atoms with Crippen LogP contribution >= 0.6 is 11.6 Å². The average molecular weight is 182 g/mol. The summed E-state index contributed by atoms with van der Waals surface area (Å²) in [5, 5.41) is 0.512. The summed E-state index contributed by atoms with van der Waals surface area (Å²) in [6.45, 7) is 2.91. The van der Waals surface area contributed by atoms with Crippen LogP contribution in [0.2, 0.25) is 5.15 Å². The first-order valence-corrected chi connectivity index (χ1v) is 4.16. The summed E-state index contributed by atoms with van der Waals surface area (Å²) in [4.78, 5) is 8.34. The first kappa shape index (κ1) is 7.55. The molecule has 0 saturated carbocycles. The minimum Gasteiger partial charge on any atom is -0.316 e. The van der Waals surface area contributed by atoms with Crippen LogP contribution < -0.4 is 0 Å². The van der Waals surface area contributed by atoms with Crippen LogP contribution in [0.5, 0.6) is 0 Å². The average Bonchev–Trinajstić information content (AvgIpc) is 2.46. The maximum atomic E-state index is 5.75. The van der Waals surface area contributed by atoms with E-state index in [2.05, 4.69) is 9.97 Å². The molecule has 0 aliphatic rings. The van der Waals surface area contributed by atoms with Gasteiger partial charge in [0.05, 0.1) is 6.33 Å². The van der Waals surface area contributed by atoms with Crippen LogP contribution in [0.4, 0.5) is 0 Å².